The van der Waals surface area contributed by atoms with Crippen LogP contribution in [0.2, 0.25) is 0 Å². The van der Waals surface area contributed by atoms with Gasteiger partial charge in [-0.2, -0.15) is 0 Å². The highest BCUT2D eigenvalue weighted by Gasteiger charge is 2.63. The first kappa shape index (κ1) is 25.6. The van der Waals surface area contributed by atoms with E-state index in [1.165, 1.54) is 11.3 Å². The number of halogens is 1. The number of nitrogens with zero attached hydrogens (tertiary/aromatic N) is 1. The van der Waals surface area contributed by atoms with Crippen molar-refractivity contribution in [2.45, 2.75) is 31.2 Å². The van der Waals surface area contributed by atoms with Crippen molar-refractivity contribution >= 4 is 38.5 Å². The topological polar surface area (TPSA) is 20.3 Å². The molecule has 6 rings (SSSR count). The molecule has 3 heteroatoms. The van der Waals surface area contributed by atoms with Crippen molar-refractivity contribution in [1.29, 1.82) is 0 Å². The molecule has 1 heterocycles. The molecule has 194 valence electrons. The van der Waals surface area contributed by atoms with Crippen LogP contribution in [0.15, 0.2) is 126 Å². The Bertz CT molecular complexity index is 1590. The summed E-state index contributed by atoms with van der Waals surface area (Å²) in [6.45, 7) is 4.61. The Kier molecular flexibility index (Phi) is 6.43. The molecular formula is C36H32BrNO. The molecule has 1 aliphatic heterocycles. The van der Waals surface area contributed by atoms with E-state index >= 15 is 0 Å². The summed E-state index contributed by atoms with van der Waals surface area (Å²) in [6, 6.07) is 37.5. The minimum Gasteiger partial charge on any atom is -0.363 e. The molecule has 0 unspecified atom stereocenters. The molecule has 4 aromatic rings. The zero-order chi connectivity index (χ0) is 27.2. The highest BCUT2D eigenvalue weighted by Crippen LogP contribution is 2.61. The van der Waals surface area contributed by atoms with Crippen molar-refractivity contribution in [3.8, 4) is 0 Å². The number of ketones is 1. The number of likely N-dealkylation sites (N-methyl/N-ethyl adjacent to an activating group) is 1. The fraction of sp³-hybridized carbons (Fsp3) is 0.194. The first-order valence-corrected chi connectivity index (χ1v) is 14.4. The molecular weight excluding hydrogens is 542 g/mol. The number of hydrogen-bond acceptors (Lipinski definition) is 2. The predicted octanol–water partition coefficient (Wildman–Crippen LogP) is 8.99. The number of carbonyl (C=O) groups is 1. The second-order valence-electron chi connectivity index (χ2n) is 10.8. The number of Topliss-reactive ketones (excluding diaryl/α,β-unsaturated/α-hetero) is 1. The van der Waals surface area contributed by atoms with E-state index in [9.17, 15) is 4.79 Å². The number of para-hydroxylation sites is 1. The number of anilines is 1. The van der Waals surface area contributed by atoms with Crippen LogP contribution in [-0.2, 0) is 5.41 Å². The lowest BCUT2D eigenvalue weighted by molar-refractivity contribution is 0.0877. The molecule has 3 atom stereocenters. The van der Waals surface area contributed by atoms with Gasteiger partial charge in [0.25, 0.3) is 0 Å². The van der Waals surface area contributed by atoms with E-state index in [0.717, 1.165) is 38.7 Å². The van der Waals surface area contributed by atoms with Crippen LogP contribution in [0, 0.1) is 5.92 Å². The summed E-state index contributed by atoms with van der Waals surface area (Å²) in [7, 11) is 2.18. The molecule has 0 saturated heterocycles. The summed E-state index contributed by atoms with van der Waals surface area (Å²) in [5.41, 5.74) is 6.70. The molecule has 0 bridgehead atoms. The number of fused-ring (bicyclic) bond motifs is 1. The minimum absolute atomic E-state index is 0.146. The molecule has 2 aliphatic rings. The number of allylic oxidation sites excluding steroid dienone is 2. The highest BCUT2D eigenvalue weighted by molar-refractivity contribution is 9.10. The standard InChI is InChI=1S/C36H32BrNO/c1-4-35(2)31-17-11-12-18-32(31)38(3)36(35)24-28(25-13-7-5-8-14-25)23-30(26-19-21-29(37)22-20-26)33(36)34(39)27-15-9-6-10-16-27/h5-24,33H,4H2,1-3H3/t33-,35+,36-/m0/s1. The van der Waals surface area contributed by atoms with Gasteiger partial charge in [0.15, 0.2) is 5.78 Å². The molecule has 0 amide bonds. The maximum absolute atomic E-state index is 14.8. The van der Waals surface area contributed by atoms with E-state index in [1.807, 2.05) is 30.3 Å². The lowest BCUT2D eigenvalue weighted by atomic mass is 9.55. The molecule has 1 spiro atoms. The van der Waals surface area contributed by atoms with Crippen molar-refractivity contribution in [2.75, 3.05) is 11.9 Å². The van der Waals surface area contributed by atoms with Crippen molar-refractivity contribution in [1.82, 2.24) is 0 Å². The van der Waals surface area contributed by atoms with E-state index < -0.39 is 11.5 Å². The summed E-state index contributed by atoms with van der Waals surface area (Å²) in [5, 5.41) is 0. The molecule has 0 N–H and O–H groups in total. The van der Waals surface area contributed by atoms with E-state index in [2.05, 4.69) is 133 Å². The average Bonchev–Trinajstić information content (AvgIpc) is 3.17. The average molecular weight is 575 g/mol. The Hall–Kier alpha value is -3.69. The van der Waals surface area contributed by atoms with Crippen LogP contribution < -0.4 is 4.90 Å². The van der Waals surface area contributed by atoms with Crippen molar-refractivity contribution in [3.05, 3.63) is 148 Å². The zero-order valence-corrected chi connectivity index (χ0v) is 24.2. The first-order valence-electron chi connectivity index (χ1n) is 13.6. The quantitative estimate of drug-likeness (QED) is 0.222. The summed E-state index contributed by atoms with van der Waals surface area (Å²) in [4.78, 5) is 17.2. The summed E-state index contributed by atoms with van der Waals surface area (Å²) >= 11 is 3.61. The third-order valence-corrected chi connectivity index (χ3v) is 9.58. The van der Waals surface area contributed by atoms with Crippen LogP contribution in [0.1, 0.15) is 47.3 Å². The number of hydrogen-bond donors (Lipinski definition) is 0. The predicted molar refractivity (Wildman–Crippen MR) is 166 cm³/mol. The van der Waals surface area contributed by atoms with Gasteiger partial charge in [0.1, 0.15) is 0 Å². The Morgan fingerprint density at radius 3 is 2.10 bits per heavy atom. The fourth-order valence-corrected chi connectivity index (χ4v) is 7.17. The van der Waals surface area contributed by atoms with Gasteiger partial charge in [-0.25, -0.2) is 0 Å². The van der Waals surface area contributed by atoms with Gasteiger partial charge in [0, 0.05) is 28.2 Å². The van der Waals surface area contributed by atoms with Gasteiger partial charge in [-0.05, 0) is 64.6 Å². The van der Waals surface area contributed by atoms with E-state index in [4.69, 9.17) is 0 Å². The molecule has 0 fully saturated rings. The minimum atomic E-state index is -0.624. The van der Waals surface area contributed by atoms with Gasteiger partial charge in [0.05, 0.1) is 11.5 Å². The molecule has 2 nitrogen and oxygen atoms in total. The molecule has 39 heavy (non-hydrogen) atoms. The third kappa shape index (κ3) is 3.86. The maximum atomic E-state index is 14.8. The monoisotopic (exact) mass is 573 g/mol. The largest absolute Gasteiger partial charge is 0.363 e. The van der Waals surface area contributed by atoms with Gasteiger partial charge >= 0.3 is 0 Å². The van der Waals surface area contributed by atoms with Crippen LogP contribution in [-0.4, -0.2) is 18.4 Å². The number of benzene rings is 4. The highest BCUT2D eigenvalue weighted by atomic mass is 79.9. The summed E-state index contributed by atoms with van der Waals surface area (Å²) in [5.74, 6) is -0.275. The van der Waals surface area contributed by atoms with Crippen molar-refractivity contribution in [3.63, 3.8) is 0 Å². The third-order valence-electron chi connectivity index (χ3n) is 9.05. The number of carbonyl (C=O) groups excluding carboxylic acids is 1. The lowest BCUT2D eigenvalue weighted by Crippen LogP contribution is -2.62. The second kappa shape index (κ2) is 9.81. The van der Waals surface area contributed by atoms with Gasteiger partial charge in [-0.3, -0.25) is 4.79 Å². The smallest absolute Gasteiger partial charge is 0.173 e. The zero-order valence-electron chi connectivity index (χ0n) is 22.6. The fourth-order valence-electron chi connectivity index (χ4n) is 6.91. The Labute approximate surface area is 239 Å². The van der Waals surface area contributed by atoms with Gasteiger partial charge < -0.3 is 4.90 Å². The van der Waals surface area contributed by atoms with E-state index in [-0.39, 0.29) is 11.2 Å². The van der Waals surface area contributed by atoms with Gasteiger partial charge in [-0.1, -0.05) is 121 Å². The summed E-state index contributed by atoms with van der Waals surface area (Å²) < 4.78 is 1.02. The normalized spacial score (nSPS) is 23.8. The molecule has 0 radical (unpaired) electrons. The Morgan fingerprint density at radius 2 is 1.44 bits per heavy atom. The van der Waals surface area contributed by atoms with Crippen LogP contribution in [0.25, 0.3) is 11.1 Å². The van der Waals surface area contributed by atoms with Crippen LogP contribution in [0.3, 0.4) is 0 Å². The van der Waals surface area contributed by atoms with Crippen LogP contribution in [0.4, 0.5) is 5.69 Å². The van der Waals surface area contributed by atoms with Crippen molar-refractivity contribution < 1.29 is 4.79 Å². The molecule has 0 saturated carbocycles. The van der Waals surface area contributed by atoms with Crippen LogP contribution in [0.5, 0.6) is 0 Å². The molecule has 4 aromatic carbocycles. The van der Waals surface area contributed by atoms with Crippen molar-refractivity contribution in [2.24, 2.45) is 5.92 Å². The maximum Gasteiger partial charge on any atom is 0.173 e. The first-order chi connectivity index (χ1) is 18.9. The Balaban J connectivity index is 1.70. The summed E-state index contributed by atoms with van der Waals surface area (Å²) in [6.07, 6.45) is 5.54. The van der Waals surface area contributed by atoms with E-state index in [0.29, 0.717) is 0 Å². The van der Waals surface area contributed by atoms with E-state index in [1.54, 1.807) is 0 Å². The molecule has 1 aliphatic carbocycles. The number of rotatable bonds is 5. The Morgan fingerprint density at radius 1 is 0.821 bits per heavy atom. The van der Waals surface area contributed by atoms with Crippen LogP contribution >= 0.6 is 15.9 Å². The molecule has 0 aromatic heterocycles. The SMILES string of the molecule is CC[C@]1(C)c2ccccc2N(C)[C@]12C=C(c1ccccc1)C=C(c1ccc(Br)cc1)[C@H]2C(=O)c1ccccc1. The van der Waals surface area contributed by atoms with Gasteiger partial charge in [-0.15, -0.1) is 0 Å². The van der Waals surface area contributed by atoms with Gasteiger partial charge in [0.2, 0.25) is 0 Å². The lowest BCUT2D eigenvalue weighted by Gasteiger charge is -2.53. The second-order valence-corrected chi connectivity index (χ2v) is 11.7.